The fourth-order valence-corrected chi connectivity index (χ4v) is 1.57. The van der Waals surface area contributed by atoms with Crippen LogP contribution in [0.25, 0.3) is 0 Å². The van der Waals surface area contributed by atoms with Crippen LogP contribution in [0, 0.1) is 6.42 Å². The molecule has 0 aromatic heterocycles. The van der Waals surface area contributed by atoms with E-state index >= 15 is 0 Å². The predicted molar refractivity (Wildman–Crippen MR) is 47.7 cm³/mol. The van der Waals surface area contributed by atoms with E-state index in [1.54, 1.807) is 6.07 Å². The van der Waals surface area contributed by atoms with Gasteiger partial charge in [0, 0.05) is 0 Å². The molecule has 2 rings (SSSR count). The highest BCUT2D eigenvalue weighted by molar-refractivity contribution is 5.30. The molecule has 0 unspecified atom stereocenters. The molecule has 1 aromatic rings. The summed E-state index contributed by atoms with van der Waals surface area (Å²) in [6, 6.07) is 5.63. The van der Waals surface area contributed by atoms with Crippen molar-refractivity contribution >= 4 is 0 Å². The molecule has 1 saturated carbocycles. The van der Waals surface area contributed by atoms with Crippen molar-refractivity contribution in [1.82, 2.24) is 0 Å². The molecule has 0 aliphatic heterocycles. The van der Waals surface area contributed by atoms with Gasteiger partial charge in [0.1, 0.15) is 0 Å². The average molecular weight is 199 g/mol. The Bertz CT molecular complexity index is 324. The summed E-state index contributed by atoms with van der Waals surface area (Å²) < 4.78 is 37.0. The van der Waals surface area contributed by atoms with Gasteiger partial charge in [-0.25, -0.2) is 0 Å². The minimum atomic E-state index is -4.22. The molecule has 1 aliphatic rings. The summed E-state index contributed by atoms with van der Waals surface area (Å²) in [5.41, 5.74) is 0.268. The van der Waals surface area contributed by atoms with E-state index in [9.17, 15) is 13.2 Å². The van der Waals surface area contributed by atoms with Gasteiger partial charge in [0.25, 0.3) is 0 Å². The Balaban J connectivity index is 2.26. The molecule has 1 aliphatic carbocycles. The Labute approximate surface area is 80.7 Å². The Morgan fingerprint density at radius 2 is 1.86 bits per heavy atom. The molecule has 0 amide bonds. The largest absolute Gasteiger partial charge is 0.416 e. The van der Waals surface area contributed by atoms with E-state index in [0.29, 0.717) is 5.92 Å². The summed E-state index contributed by atoms with van der Waals surface area (Å²) in [7, 11) is 0. The van der Waals surface area contributed by atoms with Crippen LogP contribution in [0.15, 0.2) is 24.3 Å². The summed E-state index contributed by atoms with van der Waals surface area (Å²) in [5, 5.41) is 0. The number of hydrogen-bond acceptors (Lipinski definition) is 0. The topological polar surface area (TPSA) is 0 Å². The fraction of sp³-hybridized carbons (Fsp3) is 0.364. The molecule has 0 spiro atoms. The maximum absolute atomic E-state index is 12.3. The maximum atomic E-state index is 12.3. The number of halogens is 3. The van der Waals surface area contributed by atoms with E-state index in [0.717, 1.165) is 24.5 Å². The SMILES string of the molecule is FC(F)(F)c1cccc(C2C[CH]C2)c1. The number of rotatable bonds is 1. The molecule has 14 heavy (non-hydrogen) atoms. The standard InChI is InChI=1S/C11H10F3/c12-11(13,14)10-6-2-5-9(7-10)8-3-1-4-8/h1-2,5-8H,3-4H2. The summed E-state index contributed by atoms with van der Waals surface area (Å²) in [5.74, 6) is 0.303. The quantitative estimate of drug-likeness (QED) is 0.645. The van der Waals surface area contributed by atoms with Crippen LogP contribution in [-0.4, -0.2) is 0 Å². The first kappa shape index (κ1) is 9.56. The third-order valence-electron chi connectivity index (χ3n) is 2.59. The van der Waals surface area contributed by atoms with Crippen LogP contribution in [-0.2, 0) is 6.18 Å². The molecule has 3 heteroatoms. The average Bonchev–Trinajstić information content (AvgIpc) is 2.00. The van der Waals surface area contributed by atoms with Crippen LogP contribution in [0.3, 0.4) is 0 Å². The lowest BCUT2D eigenvalue weighted by atomic mass is 9.80. The first-order valence-corrected chi connectivity index (χ1v) is 4.56. The van der Waals surface area contributed by atoms with Crippen molar-refractivity contribution in [2.24, 2.45) is 0 Å². The summed E-state index contributed by atoms with van der Waals surface area (Å²) in [6.07, 6.45) is -0.322. The van der Waals surface area contributed by atoms with Gasteiger partial charge in [-0.05, 0) is 36.8 Å². The van der Waals surface area contributed by atoms with E-state index in [1.807, 2.05) is 0 Å². The van der Waals surface area contributed by atoms with Crippen LogP contribution < -0.4 is 0 Å². The Hall–Kier alpha value is -0.990. The molecular weight excluding hydrogens is 189 g/mol. The highest BCUT2D eigenvalue weighted by Gasteiger charge is 2.31. The van der Waals surface area contributed by atoms with Crippen molar-refractivity contribution in [2.75, 3.05) is 0 Å². The van der Waals surface area contributed by atoms with E-state index in [2.05, 4.69) is 6.42 Å². The molecule has 0 bridgehead atoms. The lowest BCUT2D eigenvalue weighted by molar-refractivity contribution is -0.137. The molecule has 1 radical (unpaired) electrons. The minimum absolute atomic E-state index is 0.303. The minimum Gasteiger partial charge on any atom is -0.166 e. The van der Waals surface area contributed by atoms with Crippen molar-refractivity contribution in [1.29, 1.82) is 0 Å². The van der Waals surface area contributed by atoms with Crippen LogP contribution in [0.5, 0.6) is 0 Å². The van der Waals surface area contributed by atoms with E-state index in [-0.39, 0.29) is 0 Å². The number of alkyl halides is 3. The van der Waals surface area contributed by atoms with Crippen LogP contribution in [0.1, 0.15) is 29.9 Å². The van der Waals surface area contributed by atoms with Gasteiger partial charge in [0.05, 0.1) is 5.56 Å². The second-order valence-corrected chi connectivity index (χ2v) is 3.58. The molecule has 0 atom stereocenters. The lowest BCUT2D eigenvalue weighted by Crippen LogP contribution is -2.11. The number of hydrogen-bond donors (Lipinski definition) is 0. The molecule has 1 aromatic carbocycles. The third-order valence-corrected chi connectivity index (χ3v) is 2.59. The molecule has 1 fully saturated rings. The van der Waals surface area contributed by atoms with Crippen molar-refractivity contribution in [3.05, 3.63) is 41.8 Å². The van der Waals surface area contributed by atoms with Gasteiger partial charge in [-0.3, -0.25) is 0 Å². The van der Waals surface area contributed by atoms with E-state index in [1.165, 1.54) is 12.1 Å². The maximum Gasteiger partial charge on any atom is 0.416 e. The van der Waals surface area contributed by atoms with E-state index < -0.39 is 11.7 Å². The van der Waals surface area contributed by atoms with Crippen molar-refractivity contribution in [2.45, 2.75) is 24.9 Å². The summed E-state index contributed by atoms with van der Waals surface area (Å²) in [6.45, 7) is 0. The van der Waals surface area contributed by atoms with Crippen molar-refractivity contribution < 1.29 is 13.2 Å². The van der Waals surface area contributed by atoms with Gasteiger partial charge >= 0.3 is 6.18 Å². The van der Waals surface area contributed by atoms with Crippen LogP contribution >= 0.6 is 0 Å². The normalized spacial score (nSPS) is 17.9. The van der Waals surface area contributed by atoms with Gasteiger partial charge in [-0.1, -0.05) is 18.2 Å². The molecule has 0 N–H and O–H groups in total. The Morgan fingerprint density at radius 1 is 1.14 bits per heavy atom. The molecule has 0 heterocycles. The molecule has 0 nitrogen and oxygen atoms in total. The fourth-order valence-electron chi connectivity index (χ4n) is 1.57. The molecule has 75 valence electrons. The predicted octanol–water partition coefficient (Wildman–Crippen LogP) is 3.79. The van der Waals surface area contributed by atoms with Crippen molar-refractivity contribution in [3.8, 4) is 0 Å². The smallest absolute Gasteiger partial charge is 0.166 e. The number of benzene rings is 1. The second-order valence-electron chi connectivity index (χ2n) is 3.58. The van der Waals surface area contributed by atoms with Gasteiger partial charge in [-0.15, -0.1) is 0 Å². The third kappa shape index (κ3) is 1.76. The monoisotopic (exact) mass is 199 g/mol. The second kappa shape index (κ2) is 3.30. The molecular formula is C11H10F3. The first-order chi connectivity index (χ1) is 6.57. The summed E-state index contributed by atoms with van der Waals surface area (Å²) in [4.78, 5) is 0. The summed E-state index contributed by atoms with van der Waals surface area (Å²) >= 11 is 0. The highest BCUT2D eigenvalue weighted by atomic mass is 19.4. The van der Waals surface area contributed by atoms with Gasteiger partial charge in [0.2, 0.25) is 0 Å². The van der Waals surface area contributed by atoms with Gasteiger partial charge in [0.15, 0.2) is 0 Å². The highest BCUT2D eigenvalue weighted by Crippen LogP contribution is 2.38. The Kier molecular flexibility index (Phi) is 2.25. The zero-order valence-corrected chi connectivity index (χ0v) is 7.51. The first-order valence-electron chi connectivity index (χ1n) is 4.56. The zero-order valence-electron chi connectivity index (χ0n) is 7.51. The zero-order chi connectivity index (χ0) is 10.2. The van der Waals surface area contributed by atoms with Crippen molar-refractivity contribution in [3.63, 3.8) is 0 Å². The van der Waals surface area contributed by atoms with Gasteiger partial charge < -0.3 is 0 Å². The van der Waals surface area contributed by atoms with Gasteiger partial charge in [-0.2, -0.15) is 13.2 Å². The van der Waals surface area contributed by atoms with E-state index in [4.69, 9.17) is 0 Å². The molecule has 0 saturated heterocycles. The Morgan fingerprint density at radius 3 is 2.36 bits per heavy atom. The van der Waals surface area contributed by atoms with Crippen LogP contribution in [0.2, 0.25) is 0 Å². The lowest BCUT2D eigenvalue weighted by Gasteiger charge is -2.26. The van der Waals surface area contributed by atoms with Crippen LogP contribution in [0.4, 0.5) is 13.2 Å².